The van der Waals surface area contributed by atoms with E-state index in [1.807, 2.05) is 19.9 Å². The molecule has 8 nitrogen and oxygen atoms in total. The molecule has 0 saturated heterocycles. The third kappa shape index (κ3) is 4.76. The zero-order valence-corrected chi connectivity index (χ0v) is 19.7. The third-order valence-corrected chi connectivity index (χ3v) is 6.32. The Labute approximate surface area is 198 Å². The maximum atomic E-state index is 12.8. The van der Waals surface area contributed by atoms with E-state index in [1.165, 1.54) is 17.9 Å². The van der Waals surface area contributed by atoms with E-state index in [1.54, 1.807) is 36.4 Å². The van der Waals surface area contributed by atoms with Gasteiger partial charge in [0.1, 0.15) is 11.5 Å². The van der Waals surface area contributed by atoms with Gasteiger partial charge in [-0.1, -0.05) is 25.5 Å². The van der Waals surface area contributed by atoms with Crippen LogP contribution in [-0.2, 0) is 0 Å². The van der Waals surface area contributed by atoms with E-state index < -0.39 is 0 Å². The van der Waals surface area contributed by atoms with E-state index in [4.69, 9.17) is 4.74 Å². The summed E-state index contributed by atoms with van der Waals surface area (Å²) in [6, 6.07) is 13.4. The molecule has 1 aliphatic carbocycles. The predicted molar refractivity (Wildman–Crippen MR) is 131 cm³/mol. The molecule has 0 aliphatic heterocycles. The molecule has 1 unspecified atom stereocenters. The number of carbonyl (C=O) groups excluding carboxylic acids is 2. The van der Waals surface area contributed by atoms with Crippen LogP contribution in [0, 0.1) is 0 Å². The fourth-order valence-corrected chi connectivity index (χ4v) is 3.92. The van der Waals surface area contributed by atoms with Crippen LogP contribution in [0.1, 0.15) is 61.5 Å². The molecule has 3 aromatic rings. The van der Waals surface area contributed by atoms with Gasteiger partial charge in [-0.3, -0.25) is 4.79 Å². The van der Waals surface area contributed by atoms with Crippen molar-refractivity contribution in [2.45, 2.75) is 51.5 Å². The quantitative estimate of drug-likeness (QED) is 0.451. The number of aromatic nitrogens is 2. The average molecular weight is 463 g/mol. The van der Waals surface area contributed by atoms with E-state index in [0.29, 0.717) is 28.3 Å². The highest BCUT2D eigenvalue weighted by molar-refractivity contribution is 6.06. The van der Waals surface area contributed by atoms with Crippen molar-refractivity contribution in [2.75, 3.05) is 12.4 Å². The topological polar surface area (TPSA) is 105 Å². The SMILES string of the molecule is CCC(C)NC(=O)n1nc(-c2ccc(NC(=O)c3ccccc3OC)cc2O)cc1C1CCC1. The van der Waals surface area contributed by atoms with E-state index >= 15 is 0 Å². The molecular weight excluding hydrogens is 432 g/mol. The number of carbonyl (C=O) groups is 2. The van der Waals surface area contributed by atoms with Crippen LogP contribution >= 0.6 is 0 Å². The van der Waals surface area contributed by atoms with Crippen molar-refractivity contribution in [2.24, 2.45) is 0 Å². The molecule has 1 fully saturated rings. The number of anilines is 1. The van der Waals surface area contributed by atoms with Gasteiger partial charge in [0.2, 0.25) is 0 Å². The molecule has 1 atom stereocenters. The second-order valence-corrected chi connectivity index (χ2v) is 8.64. The highest BCUT2D eigenvalue weighted by atomic mass is 16.5. The number of nitrogens with one attached hydrogen (secondary N) is 2. The molecule has 178 valence electrons. The van der Waals surface area contributed by atoms with Gasteiger partial charge in [-0.05, 0) is 56.5 Å². The lowest BCUT2D eigenvalue weighted by Gasteiger charge is -2.25. The average Bonchev–Trinajstić information content (AvgIpc) is 3.22. The molecule has 1 saturated carbocycles. The summed E-state index contributed by atoms with van der Waals surface area (Å²) in [5.41, 5.74) is 2.69. The van der Waals surface area contributed by atoms with Gasteiger partial charge in [0.15, 0.2) is 0 Å². The monoisotopic (exact) mass is 462 g/mol. The van der Waals surface area contributed by atoms with Crippen molar-refractivity contribution in [3.63, 3.8) is 0 Å². The maximum Gasteiger partial charge on any atom is 0.342 e. The number of phenols is 1. The molecule has 1 aliphatic rings. The largest absolute Gasteiger partial charge is 0.507 e. The number of aromatic hydroxyl groups is 1. The highest BCUT2D eigenvalue weighted by Crippen LogP contribution is 2.39. The van der Waals surface area contributed by atoms with Crippen LogP contribution in [0.4, 0.5) is 10.5 Å². The van der Waals surface area contributed by atoms with E-state index in [9.17, 15) is 14.7 Å². The third-order valence-electron chi connectivity index (χ3n) is 6.32. The van der Waals surface area contributed by atoms with E-state index in [-0.39, 0.29) is 29.6 Å². The Kier molecular flexibility index (Phi) is 6.86. The number of benzene rings is 2. The van der Waals surface area contributed by atoms with E-state index in [2.05, 4.69) is 15.7 Å². The number of ether oxygens (including phenoxy) is 1. The standard InChI is InChI=1S/C26H30N4O4/c1-4-16(2)27-26(33)30-22(17-8-7-9-17)15-21(29-30)19-13-12-18(14-23(19)31)28-25(32)20-10-5-6-11-24(20)34-3/h5-6,10-17,31H,4,7-9H2,1-3H3,(H,27,33)(H,28,32). The molecule has 2 aromatic carbocycles. The van der Waals surface area contributed by atoms with Crippen molar-refractivity contribution in [3.8, 4) is 22.8 Å². The zero-order valence-electron chi connectivity index (χ0n) is 19.7. The predicted octanol–water partition coefficient (Wildman–Crippen LogP) is 5.14. The number of nitrogens with zero attached hydrogens (tertiary/aromatic N) is 2. The van der Waals surface area contributed by atoms with Gasteiger partial charge in [-0.2, -0.15) is 9.78 Å². The molecule has 0 bridgehead atoms. The molecule has 34 heavy (non-hydrogen) atoms. The van der Waals surface area contributed by atoms with Gasteiger partial charge < -0.3 is 20.5 Å². The van der Waals surface area contributed by atoms with Crippen molar-refractivity contribution in [1.82, 2.24) is 15.1 Å². The molecule has 2 amide bonds. The second-order valence-electron chi connectivity index (χ2n) is 8.64. The summed E-state index contributed by atoms with van der Waals surface area (Å²) in [6.45, 7) is 3.97. The second kappa shape index (κ2) is 9.99. The number of amides is 2. The number of hydrogen-bond acceptors (Lipinski definition) is 5. The highest BCUT2D eigenvalue weighted by Gasteiger charge is 2.28. The van der Waals surface area contributed by atoms with Crippen LogP contribution in [0.2, 0.25) is 0 Å². The molecule has 4 rings (SSSR count). The van der Waals surface area contributed by atoms with Crippen LogP contribution in [-0.4, -0.2) is 40.0 Å². The van der Waals surface area contributed by atoms with Crippen LogP contribution in [0.3, 0.4) is 0 Å². The Morgan fingerprint density at radius 3 is 2.62 bits per heavy atom. The van der Waals surface area contributed by atoms with Crippen LogP contribution < -0.4 is 15.4 Å². The van der Waals surface area contributed by atoms with Gasteiger partial charge in [-0.15, -0.1) is 0 Å². The Hall–Kier alpha value is -3.81. The van der Waals surface area contributed by atoms with Crippen LogP contribution in [0.25, 0.3) is 11.3 Å². The lowest BCUT2D eigenvalue weighted by Crippen LogP contribution is -2.37. The lowest BCUT2D eigenvalue weighted by atomic mass is 9.82. The minimum atomic E-state index is -0.345. The summed E-state index contributed by atoms with van der Waals surface area (Å²) in [5, 5.41) is 21.0. The summed E-state index contributed by atoms with van der Waals surface area (Å²) in [5.74, 6) is 0.365. The van der Waals surface area contributed by atoms with Crippen molar-refractivity contribution < 1.29 is 19.4 Å². The minimum Gasteiger partial charge on any atom is -0.507 e. The summed E-state index contributed by atoms with van der Waals surface area (Å²) in [7, 11) is 1.51. The van der Waals surface area contributed by atoms with Gasteiger partial charge in [0.05, 0.1) is 24.1 Å². The van der Waals surface area contributed by atoms with Crippen molar-refractivity contribution in [1.29, 1.82) is 0 Å². The zero-order chi connectivity index (χ0) is 24.2. The van der Waals surface area contributed by atoms with Crippen molar-refractivity contribution >= 4 is 17.6 Å². The van der Waals surface area contributed by atoms with Crippen molar-refractivity contribution in [3.05, 3.63) is 59.8 Å². The fourth-order valence-electron chi connectivity index (χ4n) is 3.92. The molecule has 1 aromatic heterocycles. The van der Waals surface area contributed by atoms with Gasteiger partial charge in [0, 0.05) is 29.3 Å². The van der Waals surface area contributed by atoms with Crippen LogP contribution in [0.5, 0.6) is 11.5 Å². The molecular formula is C26H30N4O4. The molecule has 8 heteroatoms. The van der Waals surface area contributed by atoms with Crippen LogP contribution in [0.15, 0.2) is 48.5 Å². The number of para-hydroxylation sites is 1. The Morgan fingerprint density at radius 2 is 1.97 bits per heavy atom. The number of rotatable bonds is 7. The Bertz CT molecular complexity index is 1200. The molecule has 0 radical (unpaired) electrons. The van der Waals surface area contributed by atoms with Gasteiger partial charge in [-0.25, -0.2) is 4.79 Å². The summed E-state index contributed by atoms with van der Waals surface area (Å²) in [4.78, 5) is 25.5. The summed E-state index contributed by atoms with van der Waals surface area (Å²) >= 11 is 0. The Morgan fingerprint density at radius 1 is 1.21 bits per heavy atom. The molecule has 3 N–H and O–H groups in total. The first-order chi connectivity index (χ1) is 16.4. The summed E-state index contributed by atoms with van der Waals surface area (Å²) in [6.07, 6.45) is 3.98. The Balaban J connectivity index is 1.59. The molecule has 1 heterocycles. The lowest BCUT2D eigenvalue weighted by molar-refractivity contribution is 0.102. The fraction of sp³-hybridized carbons (Fsp3) is 0.346. The maximum absolute atomic E-state index is 12.8. The van der Waals surface area contributed by atoms with E-state index in [0.717, 1.165) is 31.4 Å². The summed E-state index contributed by atoms with van der Waals surface area (Å²) < 4.78 is 6.68. The first kappa shape index (κ1) is 23.4. The van der Waals surface area contributed by atoms with Gasteiger partial charge in [0.25, 0.3) is 5.91 Å². The normalized spacial score (nSPS) is 14.2. The molecule has 0 spiro atoms. The first-order valence-electron chi connectivity index (χ1n) is 11.6. The van der Waals surface area contributed by atoms with Gasteiger partial charge >= 0.3 is 6.03 Å². The number of phenolic OH excluding ortho intramolecular Hbond substituents is 1. The minimum absolute atomic E-state index is 0.0360. The first-order valence-corrected chi connectivity index (χ1v) is 11.6. The smallest absolute Gasteiger partial charge is 0.342 e. The number of hydrogen-bond donors (Lipinski definition) is 3. The number of methoxy groups -OCH3 is 1.